The number of fused-ring (bicyclic) bond motifs is 2. The average Bonchev–Trinajstić information content (AvgIpc) is 3.74. The van der Waals surface area contributed by atoms with Crippen LogP contribution in [-0.2, 0) is 12.8 Å². The number of thiophene rings is 4. The minimum Gasteiger partial charge on any atom is -0.144 e. The summed E-state index contributed by atoms with van der Waals surface area (Å²) in [5, 5.41) is 0. The van der Waals surface area contributed by atoms with E-state index >= 15 is 0 Å². The SMILES string of the molecule is CCCCC(CC)Cc1ccc(C2c3cc(C)sc3C(c3ccc(CC(CC)CCCC)s3)c3cc(C)sc32)s1. The first-order valence-corrected chi connectivity index (χ1v) is 19.1. The second-order valence-corrected chi connectivity index (χ2v) is 17.0. The lowest BCUT2D eigenvalue weighted by Gasteiger charge is -2.28. The first-order chi connectivity index (χ1) is 19.4. The van der Waals surface area contributed by atoms with E-state index in [1.54, 1.807) is 40.4 Å². The zero-order valence-corrected chi connectivity index (χ0v) is 28.7. The molecule has 0 fully saturated rings. The van der Waals surface area contributed by atoms with Crippen molar-refractivity contribution in [2.45, 2.75) is 118 Å². The van der Waals surface area contributed by atoms with E-state index in [0.717, 1.165) is 11.8 Å². The molecule has 4 unspecified atom stereocenters. The van der Waals surface area contributed by atoms with E-state index in [9.17, 15) is 0 Å². The summed E-state index contributed by atoms with van der Waals surface area (Å²) in [6, 6.07) is 14.9. The van der Waals surface area contributed by atoms with Crippen molar-refractivity contribution >= 4 is 45.3 Å². The summed E-state index contributed by atoms with van der Waals surface area (Å²) in [5.41, 5.74) is 3.16. The van der Waals surface area contributed by atoms with Crippen LogP contribution in [0.15, 0.2) is 36.4 Å². The largest absolute Gasteiger partial charge is 0.144 e. The molecule has 0 saturated heterocycles. The maximum Gasteiger partial charge on any atom is 0.0542 e. The zero-order chi connectivity index (χ0) is 28.2. The van der Waals surface area contributed by atoms with Crippen LogP contribution in [0.2, 0.25) is 0 Å². The molecule has 0 amide bonds. The van der Waals surface area contributed by atoms with Gasteiger partial charge in [-0.05, 0) is 86.1 Å². The molecule has 0 nitrogen and oxygen atoms in total. The molecule has 4 aromatic rings. The highest BCUT2D eigenvalue weighted by molar-refractivity contribution is 7.15. The van der Waals surface area contributed by atoms with Gasteiger partial charge in [-0.25, -0.2) is 0 Å². The van der Waals surface area contributed by atoms with Gasteiger partial charge in [0.25, 0.3) is 0 Å². The Hall–Kier alpha value is -1.20. The van der Waals surface area contributed by atoms with Gasteiger partial charge in [0.2, 0.25) is 0 Å². The Kier molecular flexibility index (Phi) is 10.5. The molecular formula is C36H48S4. The van der Waals surface area contributed by atoms with Gasteiger partial charge in [0.05, 0.1) is 11.8 Å². The van der Waals surface area contributed by atoms with Crippen LogP contribution in [0.1, 0.15) is 141 Å². The van der Waals surface area contributed by atoms with Crippen LogP contribution < -0.4 is 0 Å². The Morgan fingerprint density at radius 2 is 1.02 bits per heavy atom. The van der Waals surface area contributed by atoms with Crippen molar-refractivity contribution in [2.24, 2.45) is 11.8 Å². The lowest BCUT2D eigenvalue weighted by Crippen LogP contribution is -2.14. The molecular weight excluding hydrogens is 561 g/mol. The number of aryl methyl sites for hydroxylation is 2. The molecule has 1 aliphatic rings. The van der Waals surface area contributed by atoms with E-state index in [-0.39, 0.29) is 0 Å². The van der Waals surface area contributed by atoms with Gasteiger partial charge in [-0.3, -0.25) is 0 Å². The Bertz CT molecular complexity index is 1210. The topological polar surface area (TPSA) is 0 Å². The average molecular weight is 609 g/mol. The van der Waals surface area contributed by atoms with Gasteiger partial charge in [-0.2, -0.15) is 0 Å². The van der Waals surface area contributed by atoms with E-state index in [1.165, 1.54) is 74.0 Å². The number of unbranched alkanes of at least 4 members (excludes halogenated alkanes) is 2. The minimum absolute atomic E-state index is 0.400. The highest BCUT2D eigenvalue weighted by Crippen LogP contribution is 2.55. The molecule has 0 aromatic carbocycles. The molecule has 0 bridgehead atoms. The van der Waals surface area contributed by atoms with Gasteiger partial charge in [-0.15, -0.1) is 45.3 Å². The molecule has 4 heterocycles. The van der Waals surface area contributed by atoms with Crippen molar-refractivity contribution in [1.29, 1.82) is 0 Å². The van der Waals surface area contributed by atoms with Gasteiger partial charge in [0, 0.05) is 39.0 Å². The summed E-state index contributed by atoms with van der Waals surface area (Å²) in [6.45, 7) is 14.0. The minimum atomic E-state index is 0.400. The normalized spacial score (nSPS) is 18.1. The molecule has 4 heteroatoms. The highest BCUT2D eigenvalue weighted by atomic mass is 32.1. The quantitative estimate of drug-likeness (QED) is 0.118. The summed E-state index contributed by atoms with van der Waals surface area (Å²) in [5.74, 6) is 2.45. The Morgan fingerprint density at radius 1 is 0.600 bits per heavy atom. The fourth-order valence-electron chi connectivity index (χ4n) is 6.63. The lowest BCUT2D eigenvalue weighted by atomic mass is 9.80. The van der Waals surface area contributed by atoms with Gasteiger partial charge in [0.1, 0.15) is 0 Å². The molecule has 0 radical (unpaired) electrons. The Labute approximate surface area is 259 Å². The predicted octanol–water partition coefficient (Wildman–Crippen LogP) is 12.7. The van der Waals surface area contributed by atoms with Gasteiger partial charge < -0.3 is 0 Å². The van der Waals surface area contributed by atoms with Crippen LogP contribution in [0.3, 0.4) is 0 Å². The standard InChI is InChI=1S/C36H48S4/c1-7-11-13-25(9-3)21-27-15-17-31(39-27)33-29-19-23(5)38-36(29)34(30-20-24(6)37-35(30)33)32-18-16-28(40-32)22-26(10-4)14-12-8-2/h15-20,25-26,33-34H,7-14,21-22H2,1-6H3. The van der Waals surface area contributed by atoms with Crippen molar-refractivity contribution < 1.29 is 0 Å². The summed E-state index contributed by atoms with van der Waals surface area (Å²) in [7, 11) is 0. The molecule has 4 aromatic heterocycles. The lowest BCUT2D eigenvalue weighted by molar-refractivity contribution is 0.452. The molecule has 0 N–H and O–H groups in total. The molecule has 0 saturated carbocycles. The van der Waals surface area contributed by atoms with Crippen molar-refractivity contribution in [3.8, 4) is 0 Å². The zero-order valence-electron chi connectivity index (χ0n) is 25.5. The highest BCUT2D eigenvalue weighted by Gasteiger charge is 2.38. The van der Waals surface area contributed by atoms with Crippen LogP contribution in [0.5, 0.6) is 0 Å². The third-order valence-electron chi connectivity index (χ3n) is 8.98. The number of rotatable bonds is 14. The van der Waals surface area contributed by atoms with Crippen molar-refractivity contribution in [3.63, 3.8) is 0 Å². The summed E-state index contributed by atoms with van der Waals surface area (Å²) in [4.78, 5) is 12.4. The van der Waals surface area contributed by atoms with Crippen LogP contribution >= 0.6 is 45.3 Å². The van der Waals surface area contributed by atoms with Gasteiger partial charge >= 0.3 is 0 Å². The van der Waals surface area contributed by atoms with Crippen LogP contribution in [0, 0.1) is 25.7 Å². The van der Waals surface area contributed by atoms with E-state index in [0.29, 0.717) is 11.8 Å². The monoisotopic (exact) mass is 608 g/mol. The molecule has 1 aliphatic carbocycles. The predicted molar refractivity (Wildman–Crippen MR) is 183 cm³/mol. The fourth-order valence-corrected chi connectivity index (χ4v) is 11.7. The van der Waals surface area contributed by atoms with E-state index in [2.05, 4.69) is 101 Å². The molecule has 0 aliphatic heterocycles. The number of hydrogen-bond acceptors (Lipinski definition) is 4. The first-order valence-electron chi connectivity index (χ1n) is 15.8. The fraction of sp³-hybridized carbons (Fsp3) is 0.556. The molecule has 0 spiro atoms. The first kappa shape index (κ1) is 30.3. The van der Waals surface area contributed by atoms with Crippen LogP contribution in [0.4, 0.5) is 0 Å². The van der Waals surface area contributed by atoms with Crippen LogP contribution in [0.25, 0.3) is 0 Å². The van der Waals surface area contributed by atoms with E-state index < -0.39 is 0 Å². The summed E-state index contributed by atoms with van der Waals surface area (Å²) >= 11 is 8.28. The molecule has 5 rings (SSSR count). The summed E-state index contributed by atoms with van der Waals surface area (Å²) in [6.07, 6.45) is 13.1. The maximum atomic E-state index is 2.53. The van der Waals surface area contributed by atoms with E-state index in [1.807, 2.05) is 22.7 Å². The van der Waals surface area contributed by atoms with Crippen molar-refractivity contribution in [1.82, 2.24) is 0 Å². The second kappa shape index (κ2) is 13.8. The Balaban J connectivity index is 1.47. The van der Waals surface area contributed by atoms with Gasteiger partial charge in [0.15, 0.2) is 0 Å². The van der Waals surface area contributed by atoms with Crippen LogP contribution in [-0.4, -0.2) is 0 Å². The maximum absolute atomic E-state index is 2.53. The van der Waals surface area contributed by atoms with E-state index in [4.69, 9.17) is 0 Å². The molecule has 40 heavy (non-hydrogen) atoms. The second-order valence-electron chi connectivity index (χ2n) is 12.1. The third kappa shape index (κ3) is 6.56. The summed E-state index contributed by atoms with van der Waals surface area (Å²) < 4.78 is 0. The smallest absolute Gasteiger partial charge is 0.0542 e. The van der Waals surface area contributed by atoms with Crippen molar-refractivity contribution in [2.75, 3.05) is 0 Å². The third-order valence-corrected chi connectivity index (χ3v) is 13.6. The Morgan fingerprint density at radius 3 is 1.40 bits per heavy atom. The van der Waals surface area contributed by atoms with Gasteiger partial charge in [-0.1, -0.05) is 79.1 Å². The van der Waals surface area contributed by atoms with Crippen molar-refractivity contribution in [3.05, 3.63) is 86.5 Å². The molecule has 216 valence electrons. The molecule has 4 atom stereocenters. The number of hydrogen-bond donors (Lipinski definition) is 0.